The van der Waals surface area contributed by atoms with E-state index < -0.39 is 0 Å². The van der Waals surface area contributed by atoms with Gasteiger partial charge in [0, 0.05) is 32.7 Å². The number of hydrogen-bond donors (Lipinski definition) is 2. The van der Waals surface area contributed by atoms with E-state index in [-0.39, 0.29) is 24.0 Å². The van der Waals surface area contributed by atoms with Crippen molar-refractivity contribution in [3.05, 3.63) is 35.4 Å². The van der Waals surface area contributed by atoms with Crippen LogP contribution in [-0.4, -0.2) is 75.8 Å². The van der Waals surface area contributed by atoms with Gasteiger partial charge in [-0.15, -0.1) is 24.0 Å². The summed E-state index contributed by atoms with van der Waals surface area (Å²) in [5, 5.41) is 6.81. The number of nitrogens with one attached hydrogen (secondary N) is 2. The topological polar surface area (TPSA) is 52.1 Å². The van der Waals surface area contributed by atoms with Gasteiger partial charge in [-0.05, 0) is 45.1 Å². The van der Waals surface area contributed by atoms with Crippen molar-refractivity contribution in [3.63, 3.8) is 0 Å². The summed E-state index contributed by atoms with van der Waals surface area (Å²) in [4.78, 5) is 9.44. The van der Waals surface area contributed by atoms with Gasteiger partial charge < -0.3 is 20.3 Å². The molecule has 0 spiro atoms. The Morgan fingerprint density at radius 1 is 1.15 bits per heavy atom. The molecule has 2 rings (SSSR count). The van der Waals surface area contributed by atoms with Crippen molar-refractivity contribution in [2.24, 2.45) is 4.99 Å². The number of halogens is 1. The lowest BCUT2D eigenvalue weighted by atomic mass is 10.1. The second-order valence-electron chi connectivity index (χ2n) is 6.94. The molecule has 1 heterocycles. The van der Waals surface area contributed by atoms with Gasteiger partial charge in [-0.2, -0.15) is 0 Å². The number of aliphatic imine (C=N–C) groups is 1. The molecule has 0 atom stereocenters. The van der Waals surface area contributed by atoms with Crippen molar-refractivity contribution >= 4 is 29.9 Å². The molecule has 2 N–H and O–H groups in total. The third-order valence-electron chi connectivity index (χ3n) is 4.40. The molecule has 7 heteroatoms. The highest BCUT2D eigenvalue weighted by atomic mass is 127. The lowest BCUT2D eigenvalue weighted by Crippen LogP contribution is -2.40. The minimum atomic E-state index is 0. The number of guanidine groups is 1. The van der Waals surface area contributed by atoms with Crippen LogP contribution in [0, 0.1) is 0 Å². The van der Waals surface area contributed by atoms with Crippen molar-refractivity contribution in [1.82, 2.24) is 20.4 Å². The predicted molar refractivity (Wildman–Crippen MR) is 124 cm³/mol. The molecule has 27 heavy (non-hydrogen) atoms. The van der Waals surface area contributed by atoms with Gasteiger partial charge in [-0.1, -0.05) is 24.3 Å². The van der Waals surface area contributed by atoms with Gasteiger partial charge in [-0.3, -0.25) is 4.90 Å². The Hall–Kier alpha value is -0.900. The molecule has 1 aliphatic rings. The van der Waals surface area contributed by atoms with Crippen LogP contribution in [0.4, 0.5) is 0 Å². The van der Waals surface area contributed by atoms with Crippen LogP contribution in [0.1, 0.15) is 24.5 Å². The van der Waals surface area contributed by atoms with Crippen LogP contribution in [0.25, 0.3) is 0 Å². The Labute approximate surface area is 181 Å². The van der Waals surface area contributed by atoms with Crippen molar-refractivity contribution in [3.8, 4) is 0 Å². The Bertz CT molecular complexity index is 547. The third kappa shape index (κ3) is 9.73. The van der Waals surface area contributed by atoms with E-state index in [4.69, 9.17) is 9.73 Å². The number of ether oxygens (including phenoxy) is 1. The normalized spacial score (nSPS) is 15.5. The van der Waals surface area contributed by atoms with Gasteiger partial charge in [-0.25, -0.2) is 4.99 Å². The largest absolute Gasteiger partial charge is 0.379 e. The maximum absolute atomic E-state index is 5.39. The van der Waals surface area contributed by atoms with Crippen LogP contribution < -0.4 is 10.6 Å². The highest BCUT2D eigenvalue weighted by Crippen LogP contribution is 2.11. The molecule has 0 aromatic heterocycles. The molecule has 0 saturated carbocycles. The van der Waals surface area contributed by atoms with E-state index >= 15 is 0 Å². The first kappa shape index (κ1) is 24.1. The van der Waals surface area contributed by atoms with E-state index in [2.05, 4.69) is 65.7 Å². The quantitative estimate of drug-likeness (QED) is 0.241. The molecule has 1 aromatic rings. The predicted octanol–water partition coefficient (Wildman–Crippen LogP) is 2.14. The summed E-state index contributed by atoms with van der Waals surface area (Å²) in [6.45, 7) is 10.5. The zero-order valence-corrected chi connectivity index (χ0v) is 19.4. The first-order chi connectivity index (χ1) is 12.7. The van der Waals surface area contributed by atoms with E-state index in [9.17, 15) is 0 Å². The average Bonchev–Trinajstić information content (AvgIpc) is 2.64. The van der Waals surface area contributed by atoms with Crippen LogP contribution in [0.3, 0.4) is 0 Å². The van der Waals surface area contributed by atoms with E-state index in [0.717, 1.165) is 64.9 Å². The lowest BCUT2D eigenvalue weighted by molar-refractivity contribution is 0.0376. The van der Waals surface area contributed by atoms with E-state index in [1.165, 1.54) is 11.1 Å². The average molecular weight is 489 g/mol. The second kappa shape index (κ2) is 14.1. The van der Waals surface area contributed by atoms with Crippen LogP contribution in [-0.2, 0) is 17.8 Å². The molecule has 0 bridgehead atoms. The summed E-state index contributed by atoms with van der Waals surface area (Å²) >= 11 is 0. The van der Waals surface area contributed by atoms with Crippen molar-refractivity contribution < 1.29 is 4.74 Å². The lowest BCUT2D eigenvalue weighted by Gasteiger charge is -2.26. The number of nitrogens with zero attached hydrogens (tertiary/aromatic N) is 3. The molecular formula is C20H36IN5O. The highest BCUT2D eigenvalue weighted by molar-refractivity contribution is 14.0. The monoisotopic (exact) mass is 489 g/mol. The van der Waals surface area contributed by atoms with Crippen molar-refractivity contribution in [2.45, 2.75) is 26.4 Å². The molecule has 6 nitrogen and oxygen atoms in total. The summed E-state index contributed by atoms with van der Waals surface area (Å²) in [5.74, 6) is 0.897. The second-order valence-corrected chi connectivity index (χ2v) is 6.94. The fourth-order valence-electron chi connectivity index (χ4n) is 3.05. The van der Waals surface area contributed by atoms with Crippen LogP contribution in [0.5, 0.6) is 0 Å². The minimum absolute atomic E-state index is 0. The minimum Gasteiger partial charge on any atom is -0.379 e. The van der Waals surface area contributed by atoms with E-state index in [1.54, 1.807) is 0 Å². The van der Waals surface area contributed by atoms with Crippen LogP contribution in [0.15, 0.2) is 29.3 Å². The Kier molecular flexibility index (Phi) is 12.6. The highest BCUT2D eigenvalue weighted by Gasteiger charge is 2.09. The molecule has 1 saturated heterocycles. The van der Waals surface area contributed by atoms with Gasteiger partial charge >= 0.3 is 0 Å². The molecule has 0 radical (unpaired) electrons. The van der Waals surface area contributed by atoms with Crippen molar-refractivity contribution in [1.29, 1.82) is 0 Å². The smallest absolute Gasteiger partial charge is 0.191 e. The summed E-state index contributed by atoms with van der Waals surface area (Å²) in [6, 6.07) is 8.55. The molecule has 0 amide bonds. The zero-order chi connectivity index (χ0) is 18.6. The molecule has 0 aliphatic carbocycles. The van der Waals surface area contributed by atoms with Crippen LogP contribution in [0.2, 0.25) is 0 Å². The maximum atomic E-state index is 5.39. The Morgan fingerprint density at radius 2 is 1.85 bits per heavy atom. The molecule has 1 fully saturated rings. The van der Waals surface area contributed by atoms with Crippen LogP contribution >= 0.6 is 24.0 Å². The van der Waals surface area contributed by atoms with Gasteiger partial charge in [0.15, 0.2) is 5.96 Å². The first-order valence-corrected chi connectivity index (χ1v) is 9.73. The number of rotatable bonds is 9. The maximum Gasteiger partial charge on any atom is 0.191 e. The summed E-state index contributed by atoms with van der Waals surface area (Å²) in [6.07, 6.45) is 1.11. The number of morpholine rings is 1. The fourth-order valence-corrected chi connectivity index (χ4v) is 3.05. The third-order valence-corrected chi connectivity index (χ3v) is 4.40. The molecule has 1 aromatic carbocycles. The first-order valence-electron chi connectivity index (χ1n) is 9.73. The Morgan fingerprint density at radius 3 is 2.52 bits per heavy atom. The summed E-state index contributed by atoms with van der Waals surface area (Å²) in [5.41, 5.74) is 2.62. The summed E-state index contributed by atoms with van der Waals surface area (Å²) in [7, 11) is 4.19. The zero-order valence-electron chi connectivity index (χ0n) is 17.0. The fraction of sp³-hybridized carbons (Fsp3) is 0.650. The Balaban J connectivity index is 0.00000364. The standard InChI is InChI=1S/C20H35N5O.HI/c1-4-21-20(22-10-7-11-25-12-14-26-15-13-25)23-16-18-8-5-6-9-19(18)17-24(2)3;/h5-6,8-9H,4,7,10-17H2,1-3H3,(H2,21,22,23);1H. The molecule has 154 valence electrons. The van der Waals surface area contributed by atoms with Gasteiger partial charge in [0.05, 0.1) is 19.8 Å². The molecule has 1 aliphatic heterocycles. The number of hydrogen-bond acceptors (Lipinski definition) is 4. The van der Waals surface area contributed by atoms with E-state index in [0.29, 0.717) is 6.54 Å². The molecule has 0 unspecified atom stereocenters. The van der Waals surface area contributed by atoms with Crippen molar-refractivity contribution in [2.75, 3.05) is 60.0 Å². The van der Waals surface area contributed by atoms with Gasteiger partial charge in [0.1, 0.15) is 0 Å². The van der Waals surface area contributed by atoms with Gasteiger partial charge in [0.2, 0.25) is 0 Å². The SMILES string of the molecule is CCNC(=NCc1ccccc1CN(C)C)NCCCN1CCOCC1.I. The summed E-state index contributed by atoms with van der Waals surface area (Å²) < 4.78 is 5.39. The van der Waals surface area contributed by atoms with Gasteiger partial charge in [0.25, 0.3) is 0 Å². The number of benzene rings is 1. The van der Waals surface area contributed by atoms with E-state index in [1.807, 2.05) is 0 Å². The molecular weight excluding hydrogens is 453 g/mol.